The van der Waals surface area contributed by atoms with E-state index in [-0.39, 0.29) is 17.7 Å². The summed E-state index contributed by atoms with van der Waals surface area (Å²) in [5.74, 6) is 0.828. The molecule has 0 aromatic rings. The zero-order valence-corrected chi connectivity index (χ0v) is 13.3. The van der Waals surface area contributed by atoms with Crippen LogP contribution in [0.1, 0.15) is 58.3 Å². The first-order valence-electron chi connectivity index (χ1n) is 8.86. The van der Waals surface area contributed by atoms with E-state index in [0.717, 1.165) is 44.9 Å². The second kappa shape index (κ2) is 5.22. The molecule has 1 N–H and O–H groups in total. The average Bonchev–Trinajstić information content (AvgIpc) is 3.37. The van der Waals surface area contributed by atoms with E-state index in [0.29, 0.717) is 18.6 Å². The molecular weight excluding hydrogens is 280 g/mol. The summed E-state index contributed by atoms with van der Waals surface area (Å²) in [5, 5.41) is 3.06. The lowest BCUT2D eigenvalue weighted by molar-refractivity contribution is -0.164. The number of carbonyl (C=O) groups excluding carboxylic acids is 2. The molecule has 2 amide bonds. The Balaban J connectivity index is 1.58. The van der Waals surface area contributed by atoms with E-state index in [1.54, 1.807) is 0 Å². The highest BCUT2D eigenvalue weighted by atomic mass is 16.5. The van der Waals surface area contributed by atoms with Gasteiger partial charge in [0.15, 0.2) is 0 Å². The van der Waals surface area contributed by atoms with Gasteiger partial charge in [0.05, 0.1) is 6.61 Å². The molecule has 1 saturated heterocycles. The molecule has 4 fully saturated rings. The lowest BCUT2D eigenvalue weighted by atomic mass is 9.83. The van der Waals surface area contributed by atoms with Crippen LogP contribution in [0.4, 0.5) is 0 Å². The highest BCUT2D eigenvalue weighted by Gasteiger charge is 2.56. The molecule has 0 bridgehead atoms. The molecule has 1 heterocycles. The zero-order chi connectivity index (χ0) is 15.3. The van der Waals surface area contributed by atoms with Crippen LogP contribution in [0.25, 0.3) is 0 Å². The highest BCUT2D eigenvalue weighted by Crippen LogP contribution is 2.45. The van der Waals surface area contributed by atoms with Crippen molar-refractivity contribution in [2.24, 2.45) is 11.8 Å². The Labute approximate surface area is 131 Å². The summed E-state index contributed by atoms with van der Waals surface area (Å²) in [6, 6.07) is -0.0915. The number of hydrogen-bond donors (Lipinski definition) is 1. The highest BCUT2D eigenvalue weighted by molar-refractivity contribution is 5.90. The van der Waals surface area contributed by atoms with Gasteiger partial charge in [0, 0.05) is 12.0 Å². The van der Waals surface area contributed by atoms with E-state index in [9.17, 15) is 9.59 Å². The third-order valence-corrected chi connectivity index (χ3v) is 5.58. The van der Waals surface area contributed by atoms with Gasteiger partial charge in [-0.2, -0.15) is 0 Å². The second-order valence-electron chi connectivity index (χ2n) is 7.74. The summed E-state index contributed by atoms with van der Waals surface area (Å²) in [6.45, 7) is 2.59. The number of hydrogen-bond acceptors (Lipinski definition) is 3. The van der Waals surface area contributed by atoms with Crippen molar-refractivity contribution in [1.29, 1.82) is 0 Å². The van der Waals surface area contributed by atoms with Crippen LogP contribution in [-0.4, -0.2) is 41.1 Å². The van der Waals surface area contributed by atoms with Crippen molar-refractivity contribution in [3.63, 3.8) is 0 Å². The molecule has 22 heavy (non-hydrogen) atoms. The van der Waals surface area contributed by atoms with Gasteiger partial charge in [0.1, 0.15) is 11.8 Å². The molecule has 5 heteroatoms. The fourth-order valence-corrected chi connectivity index (χ4v) is 4.09. The molecule has 0 radical (unpaired) electrons. The molecular formula is C17H26N2O3. The molecule has 1 spiro atoms. The number of amides is 2. The van der Waals surface area contributed by atoms with E-state index >= 15 is 0 Å². The second-order valence-corrected chi connectivity index (χ2v) is 7.74. The molecule has 1 aliphatic heterocycles. The summed E-state index contributed by atoms with van der Waals surface area (Å²) >= 11 is 0. The Morgan fingerprint density at radius 3 is 2.59 bits per heavy atom. The third-order valence-electron chi connectivity index (χ3n) is 5.58. The summed E-state index contributed by atoms with van der Waals surface area (Å²) in [4.78, 5) is 27.3. The van der Waals surface area contributed by atoms with Crippen molar-refractivity contribution in [2.45, 2.75) is 76.1 Å². The quantitative estimate of drug-likeness (QED) is 0.865. The van der Waals surface area contributed by atoms with Gasteiger partial charge < -0.3 is 10.1 Å². The first-order chi connectivity index (χ1) is 10.6. The smallest absolute Gasteiger partial charge is 0.245 e. The third kappa shape index (κ3) is 2.53. The van der Waals surface area contributed by atoms with Crippen molar-refractivity contribution >= 4 is 11.8 Å². The van der Waals surface area contributed by atoms with Gasteiger partial charge in [0.2, 0.25) is 11.8 Å². The van der Waals surface area contributed by atoms with Crippen molar-refractivity contribution < 1.29 is 14.3 Å². The number of nitrogens with one attached hydrogen (secondary N) is 1. The number of ether oxygens (including phenoxy) is 1. The summed E-state index contributed by atoms with van der Waals surface area (Å²) < 4.78 is 6.14. The lowest BCUT2D eigenvalue weighted by Crippen LogP contribution is -2.57. The SMILES string of the molecule is C[C@@H]1CCC[C@@]2(C1)OC[C@@H](C(=O)NC1CC1)N2C(=O)C1CC1. The van der Waals surface area contributed by atoms with Crippen LogP contribution < -0.4 is 5.32 Å². The maximum Gasteiger partial charge on any atom is 0.245 e. The normalized spacial score (nSPS) is 38.3. The minimum atomic E-state index is -0.511. The van der Waals surface area contributed by atoms with E-state index in [1.165, 1.54) is 6.42 Å². The van der Waals surface area contributed by atoms with E-state index in [4.69, 9.17) is 4.74 Å². The molecule has 0 unspecified atom stereocenters. The predicted octanol–water partition coefficient (Wildman–Crippen LogP) is 1.81. The molecule has 122 valence electrons. The maximum atomic E-state index is 12.9. The van der Waals surface area contributed by atoms with E-state index < -0.39 is 11.8 Å². The van der Waals surface area contributed by atoms with E-state index in [1.807, 2.05) is 4.90 Å². The van der Waals surface area contributed by atoms with Crippen molar-refractivity contribution in [3.8, 4) is 0 Å². The Kier molecular flexibility index (Phi) is 3.44. The average molecular weight is 306 g/mol. The Bertz CT molecular complexity index is 486. The van der Waals surface area contributed by atoms with Gasteiger partial charge >= 0.3 is 0 Å². The molecule has 4 rings (SSSR count). The molecule has 4 aliphatic rings. The van der Waals surface area contributed by atoms with Gasteiger partial charge in [-0.1, -0.05) is 13.3 Å². The van der Waals surface area contributed by atoms with Crippen LogP contribution >= 0.6 is 0 Å². The molecule has 3 atom stereocenters. The van der Waals surface area contributed by atoms with Crippen LogP contribution in [0.5, 0.6) is 0 Å². The number of rotatable bonds is 3. The number of carbonyl (C=O) groups is 2. The topological polar surface area (TPSA) is 58.6 Å². The van der Waals surface area contributed by atoms with Gasteiger partial charge in [0.25, 0.3) is 0 Å². The van der Waals surface area contributed by atoms with Crippen molar-refractivity contribution in [1.82, 2.24) is 10.2 Å². The van der Waals surface area contributed by atoms with Gasteiger partial charge in [-0.15, -0.1) is 0 Å². The molecule has 5 nitrogen and oxygen atoms in total. The molecule has 3 aliphatic carbocycles. The van der Waals surface area contributed by atoms with Gasteiger partial charge in [-0.25, -0.2) is 0 Å². The Morgan fingerprint density at radius 2 is 1.95 bits per heavy atom. The van der Waals surface area contributed by atoms with Crippen molar-refractivity contribution in [3.05, 3.63) is 0 Å². The first kappa shape index (κ1) is 14.5. The fourth-order valence-electron chi connectivity index (χ4n) is 4.09. The number of nitrogens with zero attached hydrogens (tertiary/aromatic N) is 1. The van der Waals surface area contributed by atoms with Crippen LogP contribution in [-0.2, 0) is 14.3 Å². The van der Waals surface area contributed by atoms with Crippen molar-refractivity contribution in [2.75, 3.05) is 6.61 Å². The monoisotopic (exact) mass is 306 g/mol. The van der Waals surface area contributed by atoms with Crippen LogP contribution in [0, 0.1) is 11.8 Å². The van der Waals surface area contributed by atoms with Crippen LogP contribution in [0.2, 0.25) is 0 Å². The van der Waals surface area contributed by atoms with Crippen LogP contribution in [0.15, 0.2) is 0 Å². The molecule has 3 saturated carbocycles. The lowest BCUT2D eigenvalue weighted by Gasteiger charge is -2.43. The first-order valence-corrected chi connectivity index (χ1v) is 8.86. The van der Waals surface area contributed by atoms with Crippen LogP contribution in [0.3, 0.4) is 0 Å². The van der Waals surface area contributed by atoms with E-state index in [2.05, 4.69) is 12.2 Å². The minimum absolute atomic E-state index is 0.00778. The Morgan fingerprint density at radius 1 is 1.18 bits per heavy atom. The summed E-state index contributed by atoms with van der Waals surface area (Å²) in [5.41, 5.74) is -0.511. The predicted molar refractivity (Wildman–Crippen MR) is 80.8 cm³/mol. The molecule has 0 aromatic carbocycles. The molecule has 0 aromatic heterocycles. The fraction of sp³-hybridized carbons (Fsp3) is 0.882. The largest absolute Gasteiger partial charge is 0.353 e. The van der Waals surface area contributed by atoms with Gasteiger partial charge in [-0.3, -0.25) is 14.5 Å². The maximum absolute atomic E-state index is 12.9. The minimum Gasteiger partial charge on any atom is -0.353 e. The Hall–Kier alpha value is -1.10. The summed E-state index contributed by atoms with van der Waals surface area (Å²) in [6.07, 6.45) is 8.09. The zero-order valence-electron chi connectivity index (χ0n) is 13.3. The van der Waals surface area contributed by atoms with Gasteiger partial charge in [-0.05, 0) is 50.9 Å². The standard InChI is InChI=1S/C17H26N2O3/c1-11-3-2-8-17(9-11)19(16(21)12-4-5-12)14(10-22-17)15(20)18-13-6-7-13/h11-14H,2-10H2,1H3,(H,18,20)/t11-,14+,17+/m1/s1. The summed E-state index contributed by atoms with van der Waals surface area (Å²) in [7, 11) is 0.